The van der Waals surface area contributed by atoms with Crippen LogP contribution >= 0.6 is 0 Å². The molecular weight excluding hydrogens is 228 g/mol. The van der Waals surface area contributed by atoms with Gasteiger partial charge in [-0.05, 0) is 30.5 Å². The highest BCUT2D eigenvalue weighted by molar-refractivity contribution is 5.81. The molecule has 0 radical (unpaired) electrons. The van der Waals surface area contributed by atoms with E-state index in [2.05, 4.69) is 11.4 Å². The molecule has 0 heterocycles. The summed E-state index contributed by atoms with van der Waals surface area (Å²) in [5.74, 6) is 0.253. The maximum atomic E-state index is 11.8. The number of methoxy groups -OCH3 is 1. The van der Waals surface area contributed by atoms with Crippen LogP contribution in [-0.2, 0) is 9.53 Å². The number of benzene rings is 1. The molecule has 18 heavy (non-hydrogen) atoms. The molecule has 1 aliphatic carbocycles. The molecule has 1 unspecified atom stereocenters. The van der Waals surface area contributed by atoms with Crippen molar-refractivity contribution in [3.05, 3.63) is 35.4 Å². The van der Waals surface area contributed by atoms with Gasteiger partial charge in [-0.1, -0.05) is 12.1 Å². The van der Waals surface area contributed by atoms with Crippen molar-refractivity contribution in [2.24, 2.45) is 5.92 Å². The molecule has 1 aliphatic rings. The van der Waals surface area contributed by atoms with Crippen LogP contribution in [0.2, 0.25) is 0 Å². The number of rotatable bonds is 5. The van der Waals surface area contributed by atoms with E-state index in [4.69, 9.17) is 10.00 Å². The third kappa shape index (κ3) is 3.08. The number of nitrogens with one attached hydrogen (secondary N) is 1. The van der Waals surface area contributed by atoms with E-state index < -0.39 is 0 Å². The molecule has 0 spiro atoms. The van der Waals surface area contributed by atoms with Gasteiger partial charge in [0.25, 0.3) is 0 Å². The number of carbonyl (C=O) groups excluding carboxylic acids is 1. The first kappa shape index (κ1) is 12.6. The zero-order chi connectivity index (χ0) is 13.0. The predicted molar refractivity (Wildman–Crippen MR) is 66.6 cm³/mol. The van der Waals surface area contributed by atoms with Crippen LogP contribution < -0.4 is 5.32 Å². The van der Waals surface area contributed by atoms with Crippen molar-refractivity contribution in [2.45, 2.75) is 18.9 Å². The molecular formula is C14H16N2O2. The lowest BCUT2D eigenvalue weighted by Crippen LogP contribution is -2.32. The largest absolute Gasteiger partial charge is 0.382 e. The number of ether oxygens (including phenoxy) is 1. The zero-order valence-corrected chi connectivity index (χ0v) is 10.3. The van der Waals surface area contributed by atoms with Crippen molar-refractivity contribution in [3.8, 4) is 6.07 Å². The second-order valence-corrected chi connectivity index (χ2v) is 4.53. The smallest absolute Gasteiger partial charge is 0.223 e. The third-order valence-corrected chi connectivity index (χ3v) is 3.02. The van der Waals surface area contributed by atoms with Crippen LogP contribution in [0.25, 0.3) is 0 Å². The van der Waals surface area contributed by atoms with Crippen LogP contribution in [0.15, 0.2) is 24.3 Å². The number of hydrogen-bond acceptors (Lipinski definition) is 3. The Morgan fingerprint density at radius 2 is 2.39 bits per heavy atom. The normalized spacial score (nSPS) is 15.8. The van der Waals surface area contributed by atoms with Gasteiger partial charge in [0.2, 0.25) is 5.91 Å². The Balaban J connectivity index is 2.12. The van der Waals surface area contributed by atoms with Gasteiger partial charge in [-0.2, -0.15) is 5.26 Å². The van der Waals surface area contributed by atoms with Gasteiger partial charge in [0.05, 0.1) is 24.3 Å². The van der Waals surface area contributed by atoms with Crippen molar-refractivity contribution in [1.29, 1.82) is 5.26 Å². The highest BCUT2D eigenvalue weighted by Gasteiger charge is 2.31. The summed E-state index contributed by atoms with van der Waals surface area (Å²) in [4.78, 5) is 11.8. The molecule has 1 saturated carbocycles. The molecule has 94 valence electrons. The molecule has 0 aliphatic heterocycles. The summed E-state index contributed by atoms with van der Waals surface area (Å²) in [5.41, 5.74) is 1.50. The Kier molecular flexibility index (Phi) is 3.96. The topological polar surface area (TPSA) is 62.1 Å². The van der Waals surface area contributed by atoms with Crippen LogP contribution in [0.3, 0.4) is 0 Å². The van der Waals surface area contributed by atoms with E-state index in [1.165, 1.54) is 0 Å². The number of nitriles is 1. The monoisotopic (exact) mass is 244 g/mol. The van der Waals surface area contributed by atoms with Crippen molar-refractivity contribution < 1.29 is 9.53 Å². The zero-order valence-electron chi connectivity index (χ0n) is 10.3. The van der Waals surface area contributed by atoms with E-state index in [0.717, 1.165) is 18.4 Å². The van der Waals surface area contributed by atoms with Gasteiger partial charge in [-0.3, -0.25) is 4.79 Å². The maximum Gasteiger partial charge on any atom is 0.223 e. The van der Waals surface area contributed by atoms with Crippen LogP contribution in [0.5, 0.6) is 0 Å². The van der Waals surface area contributed by atoms with Gasteiger partial charge < -0.3 is 10.1 Å². The third-order valence-electron chi connectivity index (χ3n) is 3.02. The van der Waals surface area contributed by atoms with Crippen molar-refractivity contribution in [1.82, 2.24) is 5.32 Å². The first-order chi connectivity index (χ1) is 8.74. The Morgan fingerprint density at radius 1 is 1.61 bits per heavy atom. The fourth-order valence-corrected chi connectivity index (χ4v) is 1.85. The van der Waals surface area contributed by atoms with Gasteiger partial charge in [0.15, 0.2) is 0 Å². The standard InChI is InChI=1S/C14H16N2O2/c1-18-9-13(16-14(17)11-5-6-11)12-4-2-3-10(7-12)8-15/h2-4,7,11,13H,5-6,9H2,1H3,(H,16,17). The fraction of sp³-hybridized carbons (Fsp3) is 0.429. The molecule has 0 aromatic heterocycles. The first-order valence-corrected chi connectivity index (χ1v) is 6.04. The Labute approximate surface area is 107 Å². The molecule has 1 amide bonds. The maximum absolute atomic E-state index is 11.8. The Morgan fingerprint density at radius 3 is 3.00 bits per heavy atom. The van der Waals surface area contributed by atoms with Crippen LogP contribution in [0, 0.1) is 17.2 Å². The predicted octanol–water partition coefficient (Wildman–Crippen LogP) is 1.77. The molecule has 2 rings (SSSR count). The average Bonchev–Trinajstić information content (AvgIpc) is 3.22. The fourth-order valence-electron chi connectivity index (χ4n) is 1.85. The molecule has 1 aromatic rings. The minimum Gasteiger partial charge on any atom is -0.382 e. The molecule has 1 fully saturated rings. The minimum atomic E-state index is -0.184. The highest BCUT2D eigenvalue weighted by Crippen LogP contribution is 2.30. The van der Waals surface area contributed by atoms with E-state index in [1.54, 1.807) is 19.2 Å². The van der Waals surface area contributed by atoms with E-state index in [9.17, 15) is 4.79 Å². The molecule has 0 saturated heterocycles. The number of amides is 1. The minimum absolute atomic E-state index is 0.0828. The van der Waals surface area contributed by atoms with Crippen molar-refractivity contribution in [3.63, 3.8) is 0 Å². The molecule has 1 aromatic carbocycles. The summed E-state index contributed by atoms with van der Waals surface area (Å²) < 4.78 is 5.14. The average molecular weight is 244 g/mol. The lowest BCUT2D eigenvalue weighted by atomic mass is 10.0. The van der Waals surface area contributed by atoms with Crippen molar-refractivity contribution in [2.75, 3.05) is 13.7 Å². The van der Waals surface area contributed by atoms with E-state index in [1.807, 2.05) is 12.1 Å². The number of carbonyl (C=O) groups is 1. The lowest BCUT2D eigenvalue weighted by Gasteiger charge is -2.18. The molecule has 0 bridgehead atoms. The molecule has 4 heteroatoms. The molecule has 1 atom stereocenters. The first-order valence-electron chi connectivity index (χ1n) is 6.04. The summed E-state index contributed by atoms with van der Waals surface area (Å²) in [7, 11) is 1.60. The highest BCUT2D eigenvalue weighted by atomic mass is 16.5. The van der Waals surface area contributed by atoms with Gasteiger partial charge >= 0.3 is 0 Å². The van der Waals surface area contributed by atoms with Crippen LogP contribution in [0.4, 0.5) is 0 Å². The second kappa shape index (κ2) is 5.65. The quantitative estimate of drug-likeness (QED) is 0.858. The van der Waals surface area contributed by atoms with E-state index >= 15 is 0 Å². The lowest BCUT2D eigenvalue weighted by molar-refractivity contribution is -0.123. The van der Waals surface area contributed by atoms with Gasteiger partial charge in [-0.15, -0.1) is 0 Å². The van der Waals surface area contributed by atoms with Gasteiger partial charge in [0.1, 0.15) is 0 Å². The number of nitrogens with zero attached hydrogens (tertiary/aromatic N) is 1. The molecule has 4 nitrogen and oxygen atoms in total. The van der Waals surface area contributed by atoms with Gasteiger partial charge in [-0.25, -0.2) is 0 Å². The number of hydrogen-bond donors (Lipinski definition) is 1. The summed E-state index contributed by atoms with van der Waals surface area (Å²) in [6.07, 6.45) is 1.95. The summed E-state index contributed by atoms with van der Waals surface area (Å²) in [6, 6.07) is 9.17. The van der Waals surface area contributed by atoms with E-state index in [-0.39, 0.29) is 17.9 Å². The van der Waals surface area contributed by atoms with E-state index in [0.29, 0.717) is 12.2 Å². The summed E-state index contributed by atoms with van der Waals surface area (Å²) >= 11 is 0. The second-order valence-electron chi connectivity index (χ2n) is 4.53. The SMILES string of the molecule is COCC(NC(=O)C1CC1)c1cccc(C#N)c1. The van der Waals surface area contributed by atoms with Crippen LogP contribution in [-0.4, -0.2) is 19.6 Å². The summed E-state index contributed by atoms with van der Waals surface area (Å²) in [6.45, 7) is 0.410. The Bertz CT molecular complexity index is 475. The molecule has 1 N–H and O–H groups in total. The van der Waals surface area contributed by atoms with Gasteiger partial charge in [0, 0.05) is 13.0 Å². The van der Waals surface area contributed by atoms with Crippen molar-refractivity contribution >= 4 is 5.91 Å². The van der Waals surface area contributed by atoms with Crippen LogP contribution in [0.1, 0.15) is 30.0 Å². The summed E-state index contributed by atoms with van der Waals surface area (Å²) in [5, 5.41) is 11.9. The Hall–Kier alpha value is -1.86.